The summed E-state index contributed by atoms with van der Waals surface area (Å²) in [5, 5.41) is 8.80. The number of hydrogen-bond acceptors (Lipinski definition) is 3. The molecular weight excluding hydrogens is 247 g/mol. The van der Waals surface area contributed by atoms with Gasteiger partial charge in [0.1, 0.15) is 10.8 Å². The first-order valence-corrected chi connectivity index (χ1v) is 4.80. The van der Waals surface area contributed by atoms with E-state index in [2.05, 4.69) is 9.72 Å². The lowest BCUT2D eigenvalue weighted by Crippen LogP contribution is -2.34. The summed E-state index contributed by atoms with van der Waals surface area (Å²) < 4.78 is 41.8. The van der Waals surface area contributed by atoms with E-state index in [1.54, 1.807) is 0 Å². The predicted octanol–water partition coefficient (Wildman–Crippen LogP) is 3.16. The number of halogens is 4. The van der Waals surface area contributed by atoms with Crippen LogP contribution in [0.1, 0.15) is 13.3 Å². The van der Waals surface area contributed by atoms with Crippen LogP contribution in [0, 0.1) is 0 Å². The molecule has 0 spiro atoms. The first-order valence-electron chi connectivity index (χ1n) is 4.42. The summed E-state index contributed by atoms with van der Waals surface area (Å²) in [6, 6.07) is 1.06. The molecule has 0 amide bonds. The molecule has 1 rings (SSSR count). The van der Waals surface area contributed by atoms with Crippen LogP contribution in [0.3, 0.4) is 0 Å². The van der Waals surface area contributed by atoms with E-state index in [0.29, 0.717) is 0 Å². The average Bonchev–Trinajstić information content (AvgIpc) is 2.14. The third kappa shape index (κ3) is 3.16. The van der Waals surface area contributed by atoms with Gasteiger partial charge < -0.3 is 9.84 Å². The van der Waals surface area contributed by atoms with E-state index in [1.807, 2.05) is 0 Å². The van der Waals surface area contributed by atoms with Gasteiger partial charge in [-0.25, -0.2) is 4.98 Å². The van der Waals surface area contributed by atoms with Crippen LogP contribution in [-0.4, -0.2) is 22.4 Å². The molecule has 1 atom stereocenters. The molecule has 90 valence electrons. The fraction of sp³-hybridized carbons (Fsp3) is 0.444. The molecule has 0 saturated heterocycles. The molecule has 0 aliphatic rings. The molecule has 0 saturated carbocycles. The highest BCUT2D eigenvalue weighted by atomic mass is 35.5. The third-order valence-corrected chi connectivity index (χ3v) is 2.05. The standard InChI is InChI=1S/C9H9ClF3NO2/c1-2-7(9(11,12)13)16-8-6(10)3-5(15)4-14-8/h3-4,7,15H,2H2,1H3. The number of rotatable bonds is 3. The molecule has 0 bridgehead atoms. The highest BCUT2D eigenvalue weighted by Gasteiger charge is 2.40. The zero-order chi connectivity index (χ0) is 12.3. The number of aromatic nitrogens is 1. The molecule has 7 heteroatoms. The fourth-order valence-electron chi connectivity index (χ4n) is 1.02. The number of ether oxygens (including phenoxy) is 1. The normalized spacial score (nSPS) is 13.6. The Labute approximate surface area is 94.8 Å². The second-order valence-corrected chi connectivity index (χ2v) is 3.44. The van der Waals surface area contributed by atoms with Crippen molar-refractivity contribution in [1.82, 2.24) is 4.98 Å². The Morgan fingerprint density at radius 1 is 1.56 bits per heavy atom. The molecule has 1 unspecified atom stereocenters. The van der Waals surface area contributed by atoms with Crippen molar-refractivity contribution >= 4 is 11.6 Å². The lowest BCUT2D eigenvalue weighted by atomic mass is 10.3. The van der Waals surface area contributed by atoms with Crippen LogP contribution in [0.25, 0.3) is 0 Å². The van der Waals surface area contributed by atoms with Gasteiger partial charge in [-0.15, -0.1) is 0 Å². The molecule has 16 heavy (non-hydrogen) atoms. The molecule has 0 aromatic carbocycles. The smallest absolute Gasteiger partial charge is 0.425 e. The summed E-state index contributed by atoms with van der Waals surface area (Å²) in [5.74, 6) is -0.582. The van der Waals surface area contributed by atoms with Crippen LogP contribution in [0.2, 0.25) is 5.02 Å². The van der Waals surface area contributed by atoms with Crippen LogP contribution in [-0.2, 0) is 0 Å². The summed E-state index contributed by atoms with van der Waals surface area (Å²) in [5.41, 5.74) is 0. The first kappa shape index (κ1) is 12.9. The number of alkyl halides is 3. The van der Waals surface area contributed by atoms with Gasteiger partial charge in [0.05, 0.1) is 6.20 Å². The van der Waals surface area contributed by atoms with Crippen LogP contribution >= 0.6 is 11.6 Å². The van der Waals surface area contributed by atoms with E-state index >= 15 is 0 Å². The van der Waals surface area contributed by atoms with Crippen molar-refractivity contribution in [2.45, 2.75) is 25.6 Å². The Balaban J connectivity index is 2.86. The molecule has 1 N–H and O–H groups in total. The molecular formula is C9H9ClF3NO2. The maximum atomic E-state index is 12.4. The molecule has 1 aromatic rings. The van der Waals surface area contributed by atoms with Crippen molar-refractivity contribution in [3.05, 3.63) is 17.3 Å². The van der Waals surface area contributed by atoms with E-state index in [0.717, 1.165) is 12.3 Å². The van der Waals surface area contributed by atoms with Crippen molar-refractivity contribution < 1.29 is 23.0 Å². The number of pyridine rings is 1. The lowest BCUT2D eigenvalue weighted by molar-refractivity contribution is -0.196. The zero-order valence-electron chi connectivity index (χ0n) is 8.25. The van der Waals surface area contributed by atoms with Gasteiger partial charge in [-0.3, -0.25) is 0 Å². The van der Waals surface area contributed by atoms with Gasteiger partial charge in [-0.2, -0.15) is 13.2 Å². The Morgan fingerprint density at radius 2 is 2.19 bits per heavy atom. The fourth-order valence-corrected chi connectivity index (χ4v) is 1.22. The van der Waals surface area contributed by atoms with Gasteiger partial charge >= 0.3 is 6.18 Å². The van der Waals surface area contributed by atoms with Crippen molar-refractivity contribution in [1.29, 1.82) is 0 Å². The quantitative estimate of drug-likeness (QED) is 0.902. The minimum Gasteiger partial charge on any atom is -0.506 e. The third-order valence-electron chi connectivity index (χ3n) is 1.78. The molecule has 0 fully saturated rings. The predicted molar refractivity (Wildman–Crippen MR) is 51.7 cm³/mol. The van der Waals surface area contributed by atoms with Crippen molar-refractivity contribution in [2.24, 2.45) is 0 Å². The molecule has 3 nitrogen and oxygen atoms in total. The zero-order valence-corrected chi connectivity index (χ0v) is 9.01. The van der Waals surface area contributed by atoms with E-state index in [4.69, 9.17) is 16.7 Å². The number of nitrogens with zero attached hydrogens (tertiary/aromatic N) is 1. The van der Waals surface area contributed by atoms with Gasteiger partial charge in [-0.05, 0) is 6.42 Å². The van der Waals surface area contributed by atoms with E-state index in [9.17, 15) is 13.2 Å². The SMILES string of the molecule is CCC(Oc1ncc(O)cc1Cl)C(F)(F)F. The molecule has 1 heterocycles. The van der Waals surface area contributed by atoms with E-state index < -0.39 is 12.3 Å². The Kier molecular flexibility index (Phi) is 3.85. The first-order chi connectivity index (χ1) is 7.34. The van der Waals surface area contributed by atoms with Crippen molar-refractivity contribution in [2.75, 3.05) is 0 Å². The second-order valence-electron chi connectivity index (χ2n) is 3.04. The summed E-state index contributed by atoms with van der Waals surface area (Å²) >= 11 is 5.57. The van der Waals surface area contributed by atoms with E-state index in [1.165, 1.54) is 6.92 Å². The summed E-state index contributed by atoms with van der Waals surface area (Å²) in [4.78, 5) is 3.47. The van der Waals surface area contributed by atoms with Crippen LogP contribution in [0.5, 0.6) is 11.6 Å². The van der Waals surface area contributed by atoms with Crippen molar-refractivity contribution in [3.8, 4) is 11.6 Å². The highest BCUT2D eigenvalue weighted by Crippen LogP contribution is 2.31. The number of hydrogen-bond donors (Lipinski definition) is 1. The van der Waals surface area contributed by atoms with Gasteiger partial charge in [0.2, 0.25) is 5.88 Å². The Hall–Kier alpha value is -1.17. The maximum Gasteiger partial charge on any atom is 0.425 e. The summed E-state index contributed by atoms with van der Waals surface area (Å²) in [6.07, 6.45) is -5.72. The van der Waals surface area contributed by atoms with Gasteiger partial charge in [0, 0.05) is 6.07 Å². The van der Waals surface area contributed by atoms with Gasteiger partial charge in [0.25, 0.3) is 0 Å². The lowest BCUT2D eigenvalue weighted by Gasteiger charge is -2.20. The Morgan fingerprint density at radius 3 is 2.62 bits per heavy atom. The van der Waals surface area contributed by atoms with Crippen LogP contribution in [0.4, 0.5) is 13.2 Å². The second kappa shape index (κ2) is 4.78. The van der Waals surface area contributed by atoms with Gasteiger partial charge in [0.15, 0.2) is 6.10 Å². The average molecular weight is 256 g/mol. The summed E-state index contributed by atoms with van der Waals surface area (Å²) in [6.45, 7) is 1.34. The van der Waals surface area contributed by atoms with Gasteiger partial charge in [-0.1, -0.05) is 18.5 Å². The molecule has 1 aromatic heterocycles. The highest BCUT2D eigenvalue weighted by molar-refractivity contribution is 6.31. The topological polar surface area (TPSA) is 42.4 Å². The molecule has 0 radical (unpaired) electrons. The maximum absolute atomic E-state index is 12.4. The van der Waals surface area contributed by atoms with E-state index in [-0.39, 0.29) is 23.1 Å². The number of aromatic hydroxyl groups is 1. The summed E-state index contributed by atoms with van der Waals surface area (Å²) in [7, 11) is 0. The van der Waals surface area contributed by atoms with Crippen LogP contribution < -0.4 is 4.74 Å². The molecule has 0 aliphatic heterocycles. The minimum atomic E-state index is -4.47. The van der Waals surface area contributed by atoms with Crippen LogP contribution in [0.15, 0.2) is 12.3 Å². The minimum absolute atomic E-state index is 0.164. The van der Waals surface area contributed by atoms with Crippen molar-refractivity contribution in [3.63, 3.8) is 0 Å². The largest absolute Gasteiger partial charge is 0.506 e. The Bertz CT molecular complexity index is 370. The molecule has 0 aliphatic carbocycles. The monoisotopic (exact) mass is 255 g/mol.